The van der Waals surface area contributed by atoms with Gasteiger partial charge in [0.05, 0.1) is 0 Å². The van der Waals surface area contributed by atoms with Crippen molar-refractivity contribution in [2.45, 2.75) is 0 Å². The van der Waals surface area contributed by atoms with Gasteiger partial charge in [-0.05, 0) is 61.1 Å². The highest BCUT2D eigenvalue weighted by molar-refractivity contribution is 6.23. The Balaban J connectivity index is 1.19. The number of rotatable bonds is 5. The SMILES string of the molecule is c1ccc(-c2nc(-c3ccc(-c4cc5ccc6ccccc6c5c5ccccc45)cc3)nc(-c3ccccc3-c3cccnc3)n2)cc1. The molecule has 7 aromatic carbocycles. The van der Waals surface area contributed by atoms with Crippen molar-refractivity contribution in [3.63, 3.8) is 0 Å². The third kappa shape index (κ3) is 4.88. The first-order valence-corrected chi connectivity index (χ1v) is 16.1. The van der Waals surface area contributed by atoms with E-state index in [0.29, 0.717) is 17.5 Å². The smallest absolute Gasteiger partial charge is 0.164 e. The molecule has 0 aliphatic rings. The van der Waals surface area contributed by atoms with Crippen LogP contribution in [0.25, 0.3) is 88.7 Å². The summed E-state index contributed by atoms with van der Waals surface area (Å²) in [5.74, 6) is 1.88. The van der Waals surface area contributed by atoms with Crippen molar-refractivity contribution in [2.24, 2.45) is 0 Å². The van der Waals surface area contributed by atoms with Crippen molar-refractivity contribution in [3.05, 3.63) is 170 Å². The Morgan fingerprint density at radius 2 is 0.917 bits per heavy atom. The van der Waals surface area contributed by atoms with Gasteiger partial charge >= 0.3 is 0 Å². The van der Waals surface area contributed by atoms with E-state index in [2.05, 4.69) is 114 Å². The number of nitrogens with zero attached hydrogens (tertiary/aromatic N) is 4. The van der Waals surface area contributed by atoms with Crippen LogP contribution in [0.2, 0.25) is 0 Å². The molecule has 0 aliphatic carbocycles. The highest BCUT2D eigenvalue weighted by atomic mass is 15.0. The lowest BCUT2D eigenvalue weighted by Gasteiger charge is -2.14. The Morgan fingerprint density at radius 1 is 0.333 bits per heavy atom. The molecule has 0 saturated heterocycles. The lowest BCUT2D eigenvalue weighted by Crippen LogP contribution is -2.01. The molecule has 0 N–H and O–H groups in total. The molecule has 224 valence electrons. The summed E-state index contributed by atoms with van der Waals surface area (Å²) < 4.78 is 0. The molecule has 2 heterocycles. The summed E-state index contributed by atoms with van der Waals surface area (Å²) in [4.78, 5) is 19.4. The van der Waals surface area contributed by atoms with Crippen LogP contribution < -0.4 is 0 Å². The molecule has 4 nitrogen and oxygen atoms in total. The lowest BCUT2D eigenvalue weighted by molar-refractivity contribution is 1.07. The van der Waals surface area contributed by atoms with E-state index in [4.69, 9.17) is 15.0 Å². The first kappa shape index (κ1) is 27.8. The van der Waals surface area contributed by atoms with Crippen molar-refractivity contribution in [3.8, 4) is 56.4 Å². The number of hydrogen-bond acceptors (Lipinski definition) is 4. The van der Waals surface area contributed by atoms with Crippen molar-refractivity contribution < 1.29 is 0 Å². The fourth-order valence-corrected chi connectivity index (χ4v) is 6.71. The van der Waals surface area contributed by atoms with Crippen LogP contribution in [0.5, 0.6) is 0 Å². The van der Waals surface area contributed by atoms with Crippen LogP contribution in [0.15, 0.2) is 170 Å². The van der Waals surface area contributed by atoms with Gasteiger partial charge in [-0.2, -0.15) is 0 Å². The van der Waals surface area contributed by atoms with Gasteiger partial charge in [0, 0.05) is 34.6 Å². The van der Waals surface area contributed by atoms with E-state index in [1.54, 1.807) is 6.20 Å². The van der Waals surface area contributed by atoms with E-state index in [1.807, 2.05) is 54.7 Å². The van der Waals surface area contributed by atoms with Gasteiger partial charge in [-0.3, -0.25) is 4.98 Å². The minimum Gasteiger partial charge on any atom is -0.264 e. The molecule has 48 heavy (non-hydrogen) atoms. The quantitative estimate of drug-likeness (QED) is 0.181. The molecule has 0 fully saturated rings. The Kier molecular flexibility index (Phi) is 6.76. The zero-order valence-corrected chi connectivity index (χ0v) is 26.0. The van der Waals surface area contributed by atoms with Gasteiger partial charge in [-0.1, -0.05) is 146 Å². The minimum absolute atomic E-state index is 0.620. The summed E-state index contributed by atoms with van der Waals surface area (Å²) in [5.41, 5.74) is 7.17. The maximum absolute atomic E-state index is 5.07. The second kappa shape index (κ2) is 11.7. The maximum atomic E-state index is 5.07. The average molecular weight is 613 g/mol. The summed E-state index contributed by atoms with van der Waals surface area (Å²) in [6.45, 7) is 0. The predicted molar refractivity (Wildman–Crippen MR) is 197 cm³/mol. The molecule has 0 aliphatic heterocycles. The average Bonchev–Trinajstić information content (AvgIpc) is 3.18. The molecule has 0 radical (unpaired) electrons. The molecule has 2 aromatic heterocycles. The van der Waals surface area contributed by atoms with Crippen molar-refractivity contribution in [2.75, 3.05) is 0 Å². The Bertz CT molecular complexity index is 2600. The van der Waals surface area contributed by atoms with Crippen molar-refractivity contribution in [1.29, 1.82) is 0 Å². The van der Waals surface area contributed by atoms with Crippen molar-refractivity contribution in [1.82, 2.24) is 19.9 Å². The van der Waals surface area contributed by atoms with Crippen LogP contribution >= 0.6 is 0 Å². The zero-order chi connectivity index (χ0) is 31.9. The zero-order valence-electron chi connectivity index (χ0n) is 26.0. The fourth-order valence-electron chi connectivity index (χ4n) is 6.71. The van der Waals surface area contributed by atoms with Gasteiger partial charge in [-0.15, -0.1) is 0 Å². The highest BCUT2D eigenvalue weighted by Crippen LogP contribution is 2.39. The van der Waals surface area contributed by atoms with Crippen LogP contribution in [-0.4, -0.2) is 19.9 Å². The summed E-state index contributed by atoms with van der Waals surface area (Å²) >= 11 is 0. The topological polar surface area (TPSA) is 51.6 Å². The molecule has 0 bridgehead atoms. The third-order valence-electron chi connectivity index (χ3n) is 9.01. The number of pyridine rings is 1. The maximum Gasteiger partial charge on any atom is 0.164 e. The number of fused-ring (bicyclic) bond motifs is 5. The second-order valence-electron chi connectivity index (χ2n) is 11.9. The largest absolute Gasteiger partial charge is 0.264 e. The van der Waals surface area contributed by atoms with E-state index in [-0.39, 0.29) is 0 Å². The first-order chi connectivity index (χ1) is 23.8. The number of hydrogen-bond donors (Lipinski definition) is 0. The summed E-state index contributed by atoms with van der Waals surface area (Å²) in [7, 11) is 0. The lowest BCUT2D eigenvalue weighted by atomic mass is 9.90. The predicted octanol–water partition coefficient (Wildman–Crippen LogP) is 11.1. The van der Waals surface area contributed by atoms with Gasteiger partial charge in [0.2, 0.25) is 0 Å². The molecule has 0 amide bonds. The van der Waals surface area contributed by atoms with E-state index in [1.165, 1.54) is 37.9 Å². The van der Waals surface area contributed by atoms with Gasteiger partial charge < -0.3 is 0 Å². The monoisotopic (exact) mass is 612 g/mol. The van der Waals surface area contributed by atoms with Gasteiger partial charge in [0.25, 0.3) is 0 Å². The molecule has 4 heteroatoms. The molecular weight excluding hydrogens is 585 g/mol. The summed E-state index contributed by atoms with van der Waals surface area (Å²) in [6, 6.07) is 55.0. The standard InChI is InChI=1S/C44H28N4/c1-2-12-31(13-3-1)42-46-43(48-44(47-42)39-19-9-6-15-35(39)34-14-10-26-45-28-34)32-23-20-30(21-24-32)40-27-33-25-22-29-11-4-5-16-36(29)41(33)38-18-8-7-17-37(38)40/h1-28H. The highest BCUT2D eigenvalue weighted by Gasteiger charge is 2.16. The molecule has 0 unspecified atom stereocenters. The van der Waals surface area contributed by atoms with Crippen LogP contribution in [0.1, 0.15) is 0 Å². The molecular formula is C44H28N4. The van der Waals surface area contributed by atoms with E-state index < -0.39 is 0 Å². The molecule has 0 saturated carbocycles. The fraction of sp³-hybridized carbons (Fsp3) is 0. The van der Waals surface area contributed by atoms with Gasteiger partial charge in [0.1, 0.15) is 0 Å². The number of aromatic nitrogens is 4. The Morgan fingerprint density at radius 3 is 1.69 bits per heavy atom. The summed E-state index contributed by atoms with van der Waals surface area (Å²) in [5, 5.41) is 7.54. The third-order valence-corrected chi connectivity index (χ3v) is 9.01. The second-order valence-corrected chi connectivity index (χ2v) is 11.9. The van der Waals surface area contributed by atoms with Crippen molar-refractivity contribution >= 4 is 32.3 Å². The Labute approximate surface area is 278 Å². The van der Waals surface area contributed by atoms with Gasteiger partial charge in [0.15, 0.2) is 17.5 Å². The van der Waals surface area contributed by atoms with E-state index in [0.717, 1.165) is 33.4 Å². The normalized spacial score (nSPS) is 11.3. The van der Waals surface area contributed by atoms with E-state index >= 15 is 0 Å². The van der Waals surface area contributed by atoms with Crippen LogP contribution in [0, 0.1) is 0 Å². The van der Waals surface area contributed by atoms with Crippen LogP contribution in [-0.2, 0) is 0 Å². The molecule has 9 rings (SSSR count). The first-order valence-electron chi connectivity index (χ1n) is 16.1. The molecule has 0 atom stereocenters. The van der Waals surface area contributed by atoms with Gasteiger partial charge in [-0.25, -0.2) is 15.0 Å². The van der Waals surface area contributed by atoms with Crippen LogP contribution in [0.3, 0.4) is 0 Å². The molecule has 9 aromatic rings. The number of benzene rings is 7. The molecule has 0 spiro atoms. The summed E-state index contributed by atoms with van der Waals surface area (Å²) in [6.07, 6.45) is 3.66. The van der Waals surface area contributed by atoms with E-state index in [9.17, 15) is 0 Å². The van der Waals surface area contributed by atoms with Crippen LogP contribution in [0.4, 0.5) is 0 Å². The minimum atomic E-state index is 0.620. The Hall–Kier alpha value is -6.52.